The molecule has 23 heavy (non-hydrogen) atoms. The molecule has 2 aromatic heterocycles. The van der Waals surface area contributed by atoms with Crippen molar-refractivity contribution in [2.24, 2.45) is 0 Å². The Labute approximate surface area is 136 Å². The minimum Gasteiger partial charge on any atom is -0.360 e. The number of aryl methyl sites for hydroxylation is 2. The average molecular weight is 333 g/mol. The van der Waals surface area contributed by atoms with Crippen LogP contribution >= 0.6 is 11.6 Å². The standard InChI is InChI=1S/C15H13ClN4O3/c1-9-7-12(19-22-9)17-13(21)5-6-14-18-15(20-23-14)10-3-2-4-11(16)8-10/h2-4,7-8H,5-6H2,1H3,(H,17,19,21). The Morgan fingerprint density at radius 3 is 2.87 bits per heavy atom. The Morgan fingerprint density at radius 2 is 2.13 bits per heavy atom. The first kappa shape index (κ1) is 15.2. The van der Waals surface area contributed by atoms with E-state index < -0.39 is 0 Å². The molecule has 8 heteroatoms. The normalized spacial score (nSPS) is 10.7. The highest BCUT2D eigenvalue weighted by Gasteiger charge is 2.12. The van der Waals surface area contributed by atoms with E-state index in [9.17, 15) is 4.79 Å². The first-order valence-electron chi connectivity index (χ1n) is 6.92. The van der Waals surface area contributed by atoms with Crippen LogP contribution in [-0.2, 0) is 11.2 Å². The molecular formula is C15H13ClN4O3. The van der Waals surface area contributed by atoms with Gasteiger partial charge in [-0.25, -0.2) is 0 Å². The summed E-state index contributed by atoms with van der Waals surface area (Å²) in [6.07, 6.45) is 0.527. The molecule has 0 spiro atoms. The van der Waals surface area contributed by atoms with Gasteiger partial charge in [-0.05, 0) is 19.1 Å². The van der Waals surface area contributed by atoms with Crippen LogP contribution < -0.4 is 5.32 Å². The zero-order valence-electron chi connectivity index (χ0n) is 12.2. The Bertz CT molecular complexity index is 828. The first-order chi connectivity index (χ1) is 11.1. The molecule has 3 aromatic rings. The van der Waals surface area contributed by atoms with Gasteiger partial charge in [-0.3, -0.25) is 4.79 Å². The van der Waals surface area contributed by atoms with Gasteiger partial charge in [0, 0.05) is 29.5 Å². The number of benzene rings is 1. The molecule has 0 saturated carbocycles. The quantitative estimate of drug-likeness (QED) is 0.770. The Balaban J connectivity index is 1.58. The van der Waals surface area contributed by atoms with Crippen LogP contribution in [-0.4, -0.2) is 21.2 Å². The van der Waals surface area contributed by atoms with Gasteiger partial charge in [0.25, 0.3) is 0 Å². The van der Waals surface area contributed by atoms with Crippen molar-refractivity contribution in [3.63, 3.8) is 0 Å². The third-order valence-electron chi connectivity index (χ3n) is 3.01. The van der Waals surface area contributed by atoms with Gasteiger partial charge < -0.3 is 14.4 Å². The molecule has 0 unspecified atom stereocenters. The third-order valence-corrected chi connectivity index (χ3v) is 3.25. The van der Waals surface area contributed by atoms with Gasteiger partial charge in [-0.2, -0.15) is 4.98 Å². The number of carbonyl (C=O) groups is 1. The van der Waals surface area contributed by atoms with Crippen LogP contribution in [0.1, 0.15) is 18.1 Å². The summed E-state index contributed by atoms with van der Waals surface area (Å²) in [5.74, 6) is 1.63. The topological polar surface area (TPSA) is 94.1 Å². The summed E-state index contributed by atoms with van der Waals surface area (Å²) in [5.41, 5.74) is 0.759. The number of carbonyl (C=O) groups excluding carboxylic acids is 1. The van der Waals surface area contributed by atoms with E-state index in [0.29, 0.717) is 34.7 Å². The fourth-order valence-electron chi connectivity index (χ4n) is 1.95. The zero-order valence-corrected chi connectivity index (χ0v) is 13.0. The van der Waals surface area contributed by atoms with E-state index in [4.69, 9.17) is 20.6 Å². The van der Waals surface area contributed by atoms with E-state index in [1.807, 2.05) is 6.07 Å². The molecule has 7 nitrogen and oxygen atoms in total. The maximum Gasteiger partial charge on any atom is 0.227 e. The van der Waals surface area contributed by atoms with E-state index in [0.717, 1.165) is 5.56 Å². The molecule has 0 aliphatic rings. The fourth-order valence-corrected chi connectivity index (χ4v) is 2.14. The molecule has 0 aliphatic carbocycles. The number of hydrogen-bond acceptors (Lipinski definition) is 6. The van der Waals surface area contributed by atoms with E-state index in [1.54, 1.807) is 31.2 Å². The van der Waals surface area contributed by atoms with Crippen molar-refractivity contribution in [2.75, 3.05) is 5.32 Å². The summed E-state index contributed by atoms with van der Waals surface area (Å²) < 4.78 is 10.0. The molecule has 1 amide bonds. The number of anilines is 1. The van der Waals surface area contributed by atoms with Crippen molar-refractivity contribution >= 4 is 23.3 Å². The van der Waals surface area contributed by atoms with Gasteiger partial charge in [-0.1, -0.05) is 34.0 Å². The Hall–Kier alpha value is -2.67. The predicted molar refractivity (Wildman–Crippen MR) is 82.9 cm³/mol. The summed E-state index contributed by atoms with van der Waals surface area (Å²) in [6.45, 7) is 1.75. The maximum absolute atomic E-state index is 11.8. The van der Waals surface area contributed by atoms with Crippen LogP contribution in [0.4, 0.5) is 5.82 Å². The number of hydrogen-bond donors (Lipinski definition) is 1. The van der Waals surface area contributed by atoms with Gasteiger partial charge in [-0.15, -0.1) is 0 Å². The molecular weight excluding hydrogens is 320 g/mol. The van der Waals surface area contributed by atoms with Crippen molar-refractivity contribution in [1.82, 2.24) is 15.3 Å². The number of nitrogens with zero attached hydrogens (tertiary/aromatic N) is 3. The molecule has 3 rings (SSSR count). The molecule has 1 N–H and O–H groups in total. The number of nitrogens with one attached hydrogen (secondary N) is 1. The van der Waals surface area contributed by atoms with Crippen LogP contribution in [0, 0.1) is 6.92 Å². The number of amides is 1. The summed E-state index contributed by atoms with van der Waals surface area (Å²) in [4.78, 5) is 16.1. The van der Waals surface area contributed by atoms with Crippen molar-refractivity contribution in [3.8, 4) is 11.4 Å². The predicted octanol–water partition coefficient (Wildman–Crippen LogP) is 3.26. The highest BCUT2D eigenvalue weighted by atomic mass is 35.5. The highest BCUT2D eigenvalue weighted by Crippen LogP contribution is 2.20. The minimum atomic E-state index is -0.208. The number of halogens is 1. The molecule has 2 heterocycles. The van der Waals surface area contributed by atoms with Crippen LogP contribution in [0.15, 0.2) is 39.4 Å². The van der Waals surface area contributed by atoms with Crippen LogP contribution in [0.25, 0.3) is 11.4 Å². The van der Waals surface area contributed by atoms with Crippen molar-refractivity contribution in [2.45, 2.75) is 19.8 Å². The van der Waals surface area contributed by atoms with Crippen LogP contribution in [0.2, 0.25) is 5.02 Å². The van der Waals surface area contributed by atoms with E-state index in [1.165, 1.54) is 0 Å². The lowest BCUT2D eigenvalue weighted by Crippen LogP contribution is -2.12. The van der Waals surface area contributed by atoms with Crippen LogP contribution in [0.3, 0.4) is 0 Å². The van der Waals surface area contributed by atoms with Crippen LogP contribution in [0.5, 0.6) is 0 Å². The second-order valence-electron chi connectivity index (χ2n) is 4.89. The lowest BCUT2D eigenvalue weighted by Gasteiger charge is -1.98. The van der Waals surface area contributed by atoms with Crippen molar-refractivity contribution in [1.29, 1.82) is 0 Å². The monoisotopic (exact) mass is 332 g/mol. The fraction of sp³-hybridized carbons (Fsp3) is 0.200. The lowest BCUT2D eigenvalue weighted by molar-refractivity contribution is -0.116. The van der Waals surface area contributed by atoms with Gasteiger partial charge in [0.15, 0.2) is 5.82 Å². The van der Waals surface area contributed by atoms with Crippen molar-refractivity contribution in [3.05, 3.63) is 47.0 Å². The second kappa shape index (κ2) is 6.62. The molecule has 0 bridgehead atoms. The van der Waals surface area contributed by atoms with E-state index in [-0.39, 0.29) is 12.3 Å². The second-order valence-corrected chi connectivity index (χ2v) is 5.33. The van der Waals surface area contributed by atoms with Gasteiger partial charge in [0.1, 0.15) is 5.76 Å². The van der Waals surface area contributed by atoms with E-state index in [2.05, 4.69) is 20.6 Å². The molecule has 0 aliphatic heterocycles. The SMILES string of the molecule is Cc1cc(NC(=O)CCc2nc(-c3cccc(Cl)c3)no2)no1. The summed E-state index contributed by atoms with van der Waals surface area (Å²) >= 11 is 5.93. The van der Waals surface area contributed by atoms with Crippen molar-refractivity contribution < 1.29 is 13.8 Å². The highest BCUT2D eigenvalue weighted by molar-refractivity contribution is 6.30. The van der Waals surface area contributed by atoms with Gasteiger partial charge in [0.05, 0.1) is 0 Å². The molecule has 0 saturated heterocycles. The molecule has 1 aromatic carbocycles. The summed E-state index contributed by atoms with van der Waals surface area (Å²) in [5, 5.41) is 10.8. The summed E-state index contributed by atoms with van der Waals surface area (Å²) in [7, 11) is 0. The smallest absolute Gasteiger partial charge is 0.227 e. The largest absolute Gasteiger partial charge is 0.360 e. The molecule has 0 radical (unpaired) electrons. The number of aromatic nitrogens is 3. The van der Waals surface area contributed by atoms with E-state index >= 15 is 0 Å². The Kier molecular flexibility index (Phi) is 4.38. The molecule has 0 atom stereocenters. The maximum atomic E-state index is 11.8. The minimum absolute atomic E-state index is 0.198. The summed E-state index contributed by atoms with van der Waals surface area (Å²) in [6, 6.07) is 8.79. The van der Waals surface area contributed by atoms with Gasteiger partial charge in [0.2, 0.25) is 17.6 Å². The number of rotatable bonds is 5. The zero-order chi connectivity index (χ0) is 16.2. The third kappa shape index (κ3) is 3.95. The Morgan fingerprint density at radius 1 is 1.26 bits per heavy atom. The lowest BCUT2D eigenvalue weighted by atomic mass is 10.2. The molecule has 118 valence electrons. The molecule has 0 fully saturated rings. The first-order valence-corrected chi connectivity index (χ1v) is 7.29. The van der Waals surface area contributed by atoms with Gasteiger partial charge >= 0.3 is 0 Å². The average Bonchev–Trinajstić information content (AvgIpc) is 3.14.